The molecule has 0 aromatic heterocycles. The molecule has 0 bridgehead atoms. The minimum absolute atomic E-state index is 0.0671. The van der Waals surface area contributed by atoms with Gasteiger partial charge in [0.05, 0.1) is 7.05 Å². The molecule has 0 radical (unpaired) electrons. The Morgan fingerprint density at radius 1 is 1.00 bits per heavy atom. The number of hydrogen-bond donors (Lipinski definition) is 2. The average Bonchev–Trinajstić information content (AvgIpc) is 2.56. The van der Waals surface area contributed by atoms with Gasteiger partial charge in [-0.2, -0.15) is 0 Å². The first-order chi connectivity index (χ1) is 12.3. The number of anilines is 1. The minimum atomic E-state index is 0.0671. The van der Waals surface area contributed by atoms with E-state index in [1.54, 1.807) is 0 Å². The summed E-state index contributed by atoms with van der Waals surface area (Å²) < 4.78 is 0. The zero-order valence-corrected chi connectivity index (χ0v) is 17.0. The summed E-state index contributed by atoms with van der Waals surface area (Å²) in [5.74, 6) is 0.997. The topological polar surface area (TPSA) is 33.5 Å². The number of rotatable bonds is 7. The van der Waals surface area contributed by atoms with Crippen molar-refractivity contribution < 1.29 is 9.69 Å². The van der Waals surface area contributed by atoms with Crippen LogP contribution in [0.2, 0.25) is 0 Å². The Bertz CT molecular complexity index is 732. The standard InChI is InChI=1S/C23H32N2O/c1-16(2)20-12-10-19(11-13-20)14-25(6)15-22(26)24-23-18(5)8-7-9-21(23)17(3)4/h7-13,16-17H,14-15H2,1-6H3,(H,24,26)/p+1. The van der Waals surface area contributed by atoms with E-state index in [-0.39, 0.29) is 5.91 Å². The number of nitrogens with one attached hydrogen (secondary N) is 2. The van der Waals surface area contributed by atoms with Gasteiger partial charge in [-0.3, -0.25) is 4.79 Å². The highest BCUT2D eigenvalue weighted by molar-refractivity contribution is 5.93. The second-order valence-corrected chi connectivity index (χ2v) is 7.95. The predicted octanol–water partition coefficient (Wildman–Crippen LogP) is 3.90. The van der Waals surface area contributed by atoms with Crippen LogP contribution in [-0.2, 0) is 11.3 Å². The highest BCUT2D eigenvalue weighted by Crippen LogP contribution is 2.27. The Hall–Kier alpha value is -2.13. The predicted molar refractivity (Wildman–Crippen MR) is 110 cm³/mol. The van der Waals surface area contributed by atoms with E-state index in [4.69, 9.17) is 0 Å². The molecule has 0 saturated carbocycles. The fraction of sp³-hybridized carbons (Fsp3) is 0.435. The normalized spacial score (nSPS) is 12.5. The maximum atomic E-state index is 12.6. The fourth-order valence-corrected chi connectivity index (χ4v) is 3.23. The van der Waals surface area contributed by atoms with Crippen molar-refractivity contribution in [1.29, 1.82) is 0 Å². The molecule has 2 N–H and O–H groups in total. The van der Waals surface area contributed by atoms with Crippen molar-refractivity contribution >= 4 is 11.6 Å². The molecule has 26 heavy (non-hydrogen) atoms. The Kier molecular flexibility index (Phi) is 6.98. The molecule has 0 aliphatic heterocycles. The van der Waals surface area contributed by atoms with E-state index in [2.05, 4.69) is 76.5 Å². The summed E-state index contributed by atoms with van der Waals surface area (Å²) in [7, 11) is 2.07. The van der Waals surface area contributed by atoms with Crippen LogP contribution < -0.4 is 10.2 Å². The van der Waals surface area contributed by atoms with Gasteiger partial charge in [-0.25, -0.2) is 0 Å². The number of quaternary nitrogens is 1. The second kappa shape index (κ2) is 9.00. The van der Waals surface area contributed by atoms with Crippen LogP contribution in [0.4, 0.5) is 5.69 Å². The van der Waals surface area contributed by atoms with E-state index >= 15 is 0 Å². The molecule has 0 saturated heterocycles. The number of aryl methyl sites for hydroxylation is 1. The molecule has 1 atom stereocenters. The highest BCUT2D eigenvalue weighted by atomic mass is 16.2. The van der Waals surface area contributed by atoms with Crippen molar-refractivity contribution in [2.24, 2.45) is 0 Å². The summed E-state index contributed by atoms with van der Waals surface area (Å²) in [5, 5.41) is 3.14. The number of amides is 1. The van der Waals surface area contributed by atoms with Crippen LogP contribution in [0.25, 0.3) is 0 Å². The van der Waals surface area contributed by atoms with Crippen molar-refractivity contribution in [2.75, 3.05) is 18.9 Å². The van der Waals surface area contributed by atoms with Crippen molar-refractivity contribution in [3.8, 4) is 0 Å². The highest BCUT2D eigenvalue weighted by Gasteiger charge is 2.15. The first-order valence-electron chi connectivity index (χ1n) is 9.57. The number of carbonyl (C=O) groups is 1. The van der Waals surface area contributed by atoms with Gasteiger partial charge in [0.2, 0.25) is 0 Å². The fourth-order valence-electron chi connectivity index (χ4n) is 3.23. The molecule has 2 rings (SSSR count). The zero-order chi connectivity index (χ0) is 19.3. The molecule has 0 aliphatic rings. The van der Waals surface area contributed by atoms with Gasteiger partial charge in [0, 0.05) is 11.3 Å². The number of para-hydroxylation sites is 1. The summed E-state index contributed by atoms with van der Waals surface area (Å²) >= 11 is 0. The molecule has 0 fully saturated rings. The third kappa shape index (κ3) is 5.43. The Morgan fingerprint density at radius 3 is 2.23 bits per heavy atom. The summed E-state index contributed by atoms with van der Waals surface area (Å²) in [5.41, 5.74) is 5.90. The van der Waals surface area contributed by atoms with Crippen LogP contribution >= 0.6 is 0 Å². The van der Waals surface area contributed by atoms with E-state index in [1.165, 1.54) is 21.6 Å². The third-order valence-corrected chi connectivity index (χ3v) is 4.81. The number of carbonyl (C=O) groups excluding carboxylic acids is 1. The molecular weight excluding hydrogens is 320 g/mol. The average molecular weight is 354 g/mol. The van der Waals surface area contributed by atoms with Crippen LogP contribution in [0.1, 0.15) is 61.8 Å². The minimum Gasteiger partial charge on any atom is -0.326 e. The van der Waals surface area contributed by atoms with Gasteiger partial charge >= 0.3 is 0 Å². The first kappa shape index (κ1) is 20.2. The second-order valence-electron chi connectivity index (χ2n) is 7.95. The van der Waals surface area contributed by atoms with Crippen molar-refractivity contribution in [1.82, 2.24) is 0 Å². The lowest BCUT2D eigenvalue weighted by Crippen LogP contribution is -3.08. The van der Waals surface area contributed by atoms with Gasteiger partial charge in [-0.1, -0.05) is 70.2 Å². The Balaban J connectivity index is 1.97. The van der Waals surface area contributed by atoms with Gasteiger partial charge < -0.3 is 10.2 Å². The van der Waals surface area contributed by atoms with Gasteiger partial charge in [0.15, 0.2) is 6.54 Å². The number of benzene rings is 2. The molecule has 2 aromatic carbocycles. The molecule has 0 aliphatic carbocycles. The van der Waals surface area contributed by atoms with Gasteiger partial charge in [0.25, 0.3) is 5.91 Å². The van der Waals surface area contributed by atoms with Crippen LogP contribution in [0.15, 0.2) is 42.5 Å². The third-order valence-electron chi connectivity index (χ3n) is 4.81. The van der Waals surface area contributed by atoms with E-state index in [0.717, 1.165) is 17.8 Å². The molecular formula is C23H33N2O+. The lowest BCUT2D eigenvalue weighted by Gasteiger charge is -2.18. The van der Waals surface area contributed by atoms with Crippen molar-refractivity contribution in [3.63, 3.8) is 0 Å². The maximum Gasteiger partial charge on any atom is 0.279 e. The van der Waals surface area contributed by atoms with Gasteiger partial charge in [-0.05, 0) is 35.4 Å². The molecule has 2 aromatic rings. The van der Waals surface area contributed by atoms with Crippen LogP contribution in [0.3, 0.4) is 0 Å². The number of hydrogen-bond acceptors (Lipinski definition) is 1. The zero-order valence-electron chi connectivity index (χ0n) is 17.0. The Labute approximate surface area is 158 Å². The van der Waals surface area contributed by atoms with E-state index in [9.17, 15) is 4.79 Å². The molecule has 3 nitrogen and oxygen atoms in total. The van der Waals surface area contributed by atoms with E-state index in [0.29, 0.717) is 18.4 Å². The smallest absolute Gasteiger partial charge is 0.279 e. The maximum absolute atomic E-state index is 12.6. The van der Waals surface area contributed by atoms with E-state index < -0.39 is 0 Å². The molecule has 3 heteroatoms. The summed E-state index contributed by atoms with van der Waals surface area (Å²) in [6, 6.07) is 14.9. The van der Waals surface area contributed by atoms with Crippen molar-refractivity contribution in [3.05, 3.63) is 64.7 Å². The Morgan fingerprint density at radius 2 is 1.65 bits per heavy atom. The summed E-state index contributed by atoms with van der Waals surface area (Å²) in [4.78, 5) is 13.7. The van der Waals surface area contributed by atoms with Crippen LogP contribution in [-0.4, -0.2) is 19.5 Å². The molecule has 1 unspecified atom stereocenters. The molecule has 0 heterocycles. The van der Waals surface area contributed by atoms with E-state index in [1.807, 2.05) is 13.0 Å². The van der Waals surface area contributed by atoms with Gasteiger partial charge in [-0.15, -0.1) is 0 Å². The molecule has 140 valence electrons. The number of likely N-dealkylation sites (N-methyl/N-ethyl adjacent to an activating group) is 1. The lowest BCUT2D eigenvalue weighted by molar-refractivity contribution is -0.885. The summed E-state index contributed by atoms with van der Waals surface area (Å²) in [6.45, 7) is 12.1. The first-order valence-corrected chi connectivity index (χ1v) is 9.57. The molecule has 1 amide bonds. The monoisotopic (exact) mass is 353 g/mol. The largest absolute Gasteiger partial charge is 0.326 e. The van der Waals surface area contributed by atoms with Gasteiger partial charge in [0.1, 0.15) is 6.54 Å². The summed E-state index contributed by atoms with van der Waals surface area (Å²) in [6.07, 6.45) is 0. The van der Waals surface area contributed by atoms with Crippen LogP contribution in [0.5, 0.6) is 0 Å². The lowest BCUT2D eigenvalue weighted by atomic mass is 9.98. The molecule has 0 spiro atoms. The SMILES string of the molecule is Cc1cccc(C(C)C)c1NC(=O)C[NH+](C)Cc1ccc(C(C)C)cc1. The van der Waals surface area contributed by atoms with Crippen LogP contribution in [0, 0.1) is 6.92 Å². The van der Waals surface area contributed by atoms with Crippen molar-refractivity contribution in [2.45, 2.75) is 53.0 Å². The quantitative estimate of drug-likeness (QED) is 0.778.